The summed E-state index contributed by atoms with van der Waals surface area (Å²) >= 11 is 5.91. The average Bonchev–Trinajstić information content (AvgIpc) is 2.43. The Labute approximate surface area is 122 Å². The van der Waals surface area contributed by atoms with Gasteiger partial charge in [0.1, 0.15) is 12.2 Å². The number of amides is 1. The SMILES string of the molecule is C#CCn1ncc(Cl)c(NCCC(=O)NCCC)c1=O. The summed E-state index contributed by atoms with van der Waals surface area (Å²) in [7, 11) is 0. The Bertz CT molecular complexity index is 562. The fraction of sp³-hybridized carbons (Fsp3) is 0.462. The predicted octanol–water partition coefficient (Wildman–Crippen LogP) is 0.858. The molecule has 0 aliphatic heterocycles. The molecule has 0 saturated carbocycles. The minimum Gasteiger partial charge on any atom is -0.379 e. The summed E-state index contributed by atoms with van der Waals surface area (Å²) in [5.74, 6) is 2.26. The van der Waals surface area contributed by atoms with Crippen LogP contribution in [0.5, 0.6) is 0 Å². The van der Waals surface area contributed by atoms with Gasteiger partial charge in [0.15, 0.2) is 0 Å². The van der Waals surface area contributed by atoms with E-state index in [0.717, 1.165) is 11.1 Å². The maximum absolute atomic E-state index is 12.0. The second kappa shape index (κ2) is 8.23. The third-order valence-corrected chi connectivity index (χ3v) is 2.75. The molecule has 0 aromatic carbocycles. The van der Waals surface area contributed by atoms with Crippen molar-refractivity contribution in [3.05, 3.63) is 21.6 Å². The number of nitrogens with one attached hydrogen (secondary N) is 2. The van der Waals surface area contributed by atoms with Crippen molar-refractivity contribution in [3.8, 4) is 12.3 Å². The summed E-state index contributed by atoms with van der Waals surface area (Å²) in [6, 6.07) is 0. The van der Waals surface area contributed by atoms with Crippen molar-refractivity contribution in [1.29, 1.82) is 0 Å². The van der Waals surface area contributed by atoms with Crippen molar-refractivity contribution >= 4 is 23.2 Å². The van der Waals surface area contributed by atoms with Gasteiger partial charge in [-0.25, -0.2) is 4.68 Å². The van der Waals surface area contributed by atoms with E-state index in [4.69, 9.17) is 18.0 Å². The standard InChI is InChI=1S/C13H17ClN4O2/c1-3-6-15-11(19)5-7-16-12-10(14)9-17-18(8-4-2)13(12)20/h2,9,16H,3,5-8H2,1H3,(H,15,19). The van der Waals surface area contributed by atoms with Gasteiger partial charge in [-0.2, -0.15) is 5.10 Å². The molecule has 108 valence electrons. The molecule has 0 saturated heterocycles. The Morgan fingerprint density at radius 3 is 2.95 bits per heavy atom. The highest BCUT2D eigenvalue weighted by atomic mass is 35.5. The van der Waals surface area contributed by atoms with E-state index in [0.29, 0.717) is 13.1 Å². The number of terminal acetylenes is 1. The molecule has 6 nitrogen and oxygen atoms in total. The Morgan fingerprint density at radius 1 is 1.55 bits per heavy atom. The van der Waals surface area contributed by atoms with Gasteiger partial charge in [-0.15, -0.1) is 6.42 Å². The van der Waals surface area contributed by atoms with Crippen molar-refractivity contribution in [3.63, 3.8) is 0 Å². The lowest BCUT2D eigenvalue weighted by atomic mass is 10.3. The first-order chi connectivity index (χ1) is 9.60. The maximum atomic E-state index is 12.0. The van der Waals surface area contributed by atoms with Crippen LogP contribution in [-0.2, 0) is 11.3 Å². The zero-order chi connectivity index (χ0) is 15.0. The summed E-state index contributed by atoms with van der Waals surface area (Å²) in [4.78, 5) is 23.4. The average molecular weight is 297 g/mol. The zero-order valence-electron chi connectivity index (χ0n) is 11.3. The van der Waals surface area contributed by atoms with Crippen LogP contribution in [0.25, 0.3) is 0 Å². The lowest BCUT2D eigenvalue weighted by Crippen LogP contribution is -2.29. The number of halogens is 1. The molecule has 1 aromatic rings. The maximum Gasteiger partial charge on any atom is 0.292 e. The topological polar surface area (TPSA) is 76.0 Å². The van der Waals surface area contributed by atoms with Gasteiger partial charge in [-0.3, -0.25) is 9.59 Å². The second-order valence-electron chi connectivity index (χ2n) is 4.06. The van der Waals surface area contributed by atoms with Crippen molar-refractivity contribution in [2.24, 2.45) is 0 Å². The molecule has 0 bridgehead atoms. The van der Waals surface area contributed by atoms with Gasteiger partial charge >= 0.3 is 0 Å². The number of anilines is 1. The van der Waals surface area contributed by atoms with E-state index in [9.17, 15) is 9.59 Å². The van der Waals surface area contributed by atoms with E-state index in [1.54, 1.807) is 0 Å². The fourth-order valence-corrected chi connectivity index (χ4v) is 1.67. The Morgan fingerprint density at radius 2 is 2.30 bits per heavy atom. The number of carbonyl (C=O) groups excluding carboxylic acids is 1. The first-order valence-electron chi connectivity index (χ1n) is 6.29. The molecule has 0 aliphatic rings. The second-order valence-corrected chi connectivity index (χ2v) is 4.47. The molecule has 0 aliphatic carbocycles. The zero-order valence-corrected chi connectivity index (χ0v) is 12.0. The van der Waals surface area contributed by atoms with Gasteiger partial charge in [-0.05, 0) is 6.42 Å². The molecular weight excluding hydrogens is 280 g/mol. The van der Waals surface area contributed by atoms with Crippen LogP contribution in [0.4, 0.5) is 5.69 Å². The van der Waals surface area contributed by atoms with E-state index in [1.165, 1.54) is 6.20 Å². The van der Waals surface area contributed by atoms with Gasteiger partial charge in [0.25, 0.3) is 5.56 Å². The van der Waals surface area contributed by atoms with Gasteiger partial charge in [-0.1, -0.05) is 24.4 Å². The first-order valence-corrected chi connectivity index (χ1v) is 6.67. The minimum atomic E-state index is -0.399. The van der Waals surface area contributed by atoms with Crippen molar-refractivity contribution in [2.45, 2.75) is 26.3 Å². The molecular formula is C13H17ClN4O2. The highest BCUT2D eigenvalue weighted by molar-refractivity contribution is 6.33. The Hall–Kier alpha value is -2.00. The molecule has 0 unspecified atom stereocenters. The van der Waals surface area contributed by atoms with E-state index in [2.05, 4.69) is 21.7 Å². The Balaban J connectivity index is 2.64. The van der Waals surface area contributed by atoms with Crippen molar-refractivity contribution in [2.75, 3.05) is 18.4 Å². The van der Waals surface area contributed by atoms with E-state index in [-0.39, 0.29) is 29.6 Å². The number of rotatable bonds is 7. The highest BCUT2D eigenvalue weighted by Gasteiger charge is 2.09. The van der Waals surface area contributed by atoms with Gasteiger partial charge < -0.3 is 10.6 Å². The lowest BCUT2D eigenvalue weighted by molar-refractivity contribution is -0.120. The van der Waals surface area contributed by atoms with Crippen molar-refractivity contribution < 1.29 is 4.79 Å². The first kappa shape index (κ1) is 16.1. The normalized spacial score (nSPS) is 9.85. The van der Waals surface area contributed by atoms with Gasteiger partial charge in [0, 0.05) is 19.5 Å². The van der Waals surface area contributed by atoms with Crippen LogP contribution >= 0.6 is 11.6 Å². The number of aromatic nitrogens is 2. The molecule has 1 aromatic heterocycles. The Kier molecular flexibility index (Phi) is 6.60. The van der Waals surface area contributed by atoms with Gasteiger partial charge in [0.2, 0.25) is 5.91 Å². The molecule has 7 heteroatoms. The van der Waals surface area contributed by atoms with Crippen LogP contribution in [-0.4, -0.2) is 28.8 Å². The van der Waals surface area contributed by atoms with E-state index in [1.807, 2.05) is 6.92 Å². The predicted molar refractivity (Wildman–Crippen MR) is 78.7 cm³/mol. The van der Waals surface area contributed by atoms with Crippen LogP contribution < -0.4 is 16.2 Å². The van der Waals surface area contributed by atoms with Crippen LogP contribution in [0.15, 0.2) is 11.0 Å². The van der Waals surface area contributed by atoms with Gasteiger partial charge in [0.05, 0.1) is 11.2 Å². The molecule has 0 spiro atoms. The summed E-state index contributed by atoms with van der Waals surface area (Å²) in [6.45, 7) is 3.00. The third kappa shape index (κ3) is 4.59. The lowest BCUT2D eigenvalue weighted by Gasteiger charge is -2.09. The molecule has 0 fully saturated rings. The summed E-state index contributed by atoms with van der Waals surface area (Å²) < 4.78 is 1.13. The van der Waals surface area contributed by atoms with Crippen LogP contribution in [0.3, 0.4) is 0 Å². The molecule has 20 heavy (non-hydrogen) atoms. The molecule has 1 amide bonds. The molecule has 0 atom stereocenters. The fourth-order valence-electron chi connectivity index (χ4n) is 1.48. The van der Waals surface area contributed by atoms with E-state index >= 15 is 0 Å². The quantitative estimate of drug-likeness (QED) is 0.732. The molecule has 2 N–H and O–H groups in total. The minimum absolute atomic E-state index is 0.0711. The summed E-state index contributed by atoms with van der Waals surface area (Å²) in [5, 5.41) is 9.63. The molecule has 0 radical (unpaired) electrons. The number of nitrogens with zero attached hydrogens (tertiary/aromatic N) is 2. The van der Waals surface area contributed by atoms with Crippen molar-refractivity contribution in [1.82, 2.24) is 15.1 Å². The number of hydrogen-bond acceptors (Lipinski definition) is 4. The largest absolute Gasteiger partial charge is 0.379 e. The summed E-state index contributed by atoms with van der Waals surface area (Å²) in [5.41, 5.74) is -0.190. The third-order valence-electron chi connectivity index (χ3n) is 2.46. The number of carbonyl (C=O) groups is 1. The molecule has 1 rings (SSSR count). The van der Waals surface area contributed by atoms with Crippen LogP contribution in [0.1, 0.15) is 19.8 Å². The molecule has 1 heterocycles. The van der Waals surface area contributed by atoms with E-state index < -0.39 is 5.56 Å². The highest BCUT2D eigenvalue weighted by Crippen LogP contribution is 2.14. The summed E-state index contributed by atoms with van der Waals surface area (Å²) in [6.07, 6.45) is 7.63. The van der Waals surface area contributed by atoms with Crippen LogP contribution in [0, 0.1) is 12.3 Å². The van der Waals surface area contributed by atoms with Crippen LogP contribution in [0.2, 0.25) is 5.02 Å². The number of hydrogen-bond donors (Lipinski definition) is 2. The smallest absolute Gasteiger partial charge is 0.292 e. The monoisotopic (exact) mass is 296 g/mol.